The molecule has 2 aromatic rings. The van der Waals surface area contributed by atoms with Gasteiger partial charge in [-0.25, -0.2) is 0 Å². The first-order valence-corrected chi connectivity index (χ1v) is 5.19. The van der Waals surface area contributed by atoms with Gasteiger partial charge < -0.3 is 5.73 Å². The van der Waals surface area contributed by atoms with Gasteiger partial charge in [-0.1, -0.05) is 0 Å². The summed E-state index contributed by atoms with van der Waals surface area (Å²) in [6, 6.07) is 6.71. The van der Waals surface area contributed by atoms with Gasteiger partial charge in [0.15, 0.2) is 0 Å². The summed E-state index contributed by atoms with van der Waals surface area (Å²) >= 11 is 1.58. The van der Waals surface area contributed by atoms with Crippen LogP contribution >= 0.6 is 11.3 Å². The number of nitrogen functional groups attached to an aromatic ring is 1. The molecule has 0 amide bonds. The van der Waals surface area contributed by atoms with Gasteiger partial charge in [-0.05, 0) is 40.1 Å². The van der Waals surface area contributed by atoms with Gasteiger partial charge in [0.2, 0.25) is 0 Å². The summed E-state index contributed by atoms with van der Waals surface area (Å²) in [4.78, 5) is 10.1. The summed E-state index contributed by atoms with van der Waals surface area (Å²) in [6.45, 7) is 0. The minimum Gasteiger partial charge on any atom is -0.393 e. The molecular formula is C10H8N2O2S. The summed E-state index contributed by atoms with van der Waals surface area (Å²) in [5.41, 5.74) is 7.67. The lowest BCUT2D eigenvalue weighted by Crippen LogP contribution is -1.95. The van der Waals surface area contributed by atoms with Gasteiger partial charge in [0.1, 0.15) is 5.69 Å². The fraction of sp³-hybridized carbons (Fsp3) is 0. The highest BCUT2D eigenvalue weighted by Crippen LogP contribution is 2.29. The first kappa shape index (κ1) is 9.67. The second-order valence-electron chi connectivity index (χ2n) is 3.04. The van der Waals surface area contributed by atoms with Crippen molar-refractivity contribution in [1.29, 1.82) is 0 Å². The number of hydrogen-bond donors (Lipinski definition) is 1. The van der Waals surface area contributed by atoms with Gasteiger partial charge in [-0.2, -0.15) is 11.3 Å². The first-order chi connectivity index (χ1) is 7.18. The standard InChI is InChI=1S/C10H8N2O2S/c11-9-5-7(8-3-4-15-6-8)1-2-10(9)12(13)14/h1-6H,11H2. The number of nitrogens with two attached hydrogens (primary N) is 1. The Morgan fingerprint density at radius 1 is 1.27 bits per heavy atom. The molecule has 0 aliphatic heterocycles. The Bertz CT molecular complexity index is 494. The molecule has 2 rings (SSSR count). The molecule has 0 spiro atoms. The van der Waals surface area contributed by atoms with Crippen molar-refractivity contribution in [1.82, 2.24) is 0 Å². The quantitative estimate of drug-likeness (QED) is 0.480. The summed E-state index contributed by atoms with van der Waals surface area (Å²) in [7, 11) is 0. The number of thiophene rings is 1. The van der Waals surface area contributed by atoms with E-state index in [1.165, 1.54) is 6.07 Å². The fourth-order valence-electron chi connectivity index (χ4n) is 1.33. The smallest absolute Gasteiger partial charge is 0.292 e. The third kappa shape index (κ3) is 1.82. The van der Waals surface area contributed by atoms with Gasteiger partial charge >= 0.3 is 0 Å². The Morgan fingerprint density at radius 3 is 2.60 bits per heavy atom. The molecule has 0 atom stereocenters. The van der Waals surface area contributed by atoms with E-state index in [1.807, 2.05) is 16.8 Å². The number of hydrogen-bond acceptors (Lipinski definition) is 4. The Balaban J connectivity index is 2.47. The predicted octanol–water partition coefficient (Wildman–Crippen LogP) is 2.91. The zero-order valence-corrected chi connectivity index (χ0v) is 8.53. The largest absolute Gasteiger partial charge is 0.393 e. The number of benzene rings is 1. The van der Waals surface area contributed by atoms with Gasteiger partial charge in [0, 0.05) is 6.07 Å². The number of rotatable bonds is 2. The van der Waals surface area contributed by atoms with Gasteiger partial charge in [-0.3, -0.25) is 10.1 Å². The van der Waals surface area contributed by atoms with Crippen LogP contribution in [0.2, 0.25) is 0 Å². The zero-order chi connectivity index (χ0) is 10.8. The molecule has 1 aromatic carbocycles. The van der Waals surface area contributed by atoms with E-state index in [0.717, 1.165) is 11.1 Å². The number of nitro benzene ring substituents is 1. The Morgan fingerprint density at radius 2 is 2.07 bits per heavy atom. The van der Waals surface area contributed by atoms with E-state index in [4.69, 9.17) is 5.73 Å². The fourth-order valence-corrected chi connectivity index (χ4v) is 1.99. The summed E-state index contributed by atoms with van der Waals surface area (Å²) in [5, 5.41) is 14.5. The molecular weight excluding hydrogens is 212 g/mol. The molecule has 76 valence electrons. The Hall–Kier alpha value is -1.88. The predicted molar refractivity (Wildman–Crippen MR) is 60.8 cm³/mol. The lowest BCUT2D eigenvalue weighted by atomic mass is 10.1. The van der Waals surface area contributed by atoms with E-state index in [9.17, 15) is 10.1 Å². The lowest BCUT2D eigenvalue weighted by Gasteiger charge is -2.00. The van der Waals surface area contributed by atoms with E-state index in [1.54, 1.807) is 23.5 Å². The maximum absolute atomic E-state index is 10.5. The van der Waals surface area contributed by atoms with E-state index in [-0.39, 0.29) is 11.4 Å². The maximum Gasteiger partial charge on any atom is 0.292 e. The van der Waals surface area contributed by atoms with Crippen LogP contribution < -0.4 is 5.73 Å². The Labute approximate surface area is 90.1 Å². The van der Waals surface area contributed by atoms with Crippen molar-refractivity contribution in [2.75, 3.05) is 5.73 Å². The molecule has 1 heterocycles. The molecule has 0 radical (unpaired) electrons. The third-order valence-corrected chi connectivity index (χ3v) is 2.76. The van der Waals surface area contributed by atoms with Crippen LogP contribution in [0.1, 0.15) is 0 Å². The monoisotopic (exact) mass is 220 g/mol. The van der Waals surface area contributed by atoms with Gasteiger partial charge in [0.05, 0.1) is 4.92 Å². The van der Waals surface area contributed by atoms with E-state index in [2.05, 4.69) is 0 Å². The molecule has 5 heteroatoms. The molecule has 0 aliphatic rings. The summed E-state index contributed by atoms with van der Waals surface area (Å²) < 4.78 is 0. The van der Waals surface area contributed by atoms with Crippen LogP contribution in [0.15, 0.2) is 35.0 Å². The van der Waals surface area contributed by atoms with Crippen LogP contribution in [0.5, 0.6) is 0 Å². The molecule has 0 unspecified atom stereocenters. The first-order valence-electron chi connectivity index (χ1n) is 4.25. The van der Waals surface area contributed by atoms with Crippen molar-refractivity contribution in [3.05, 3.63) is 45.1 Å². The van der Waals surface area contributed by atoms with Crippen LogP contribution in [-0.4, -0.2) is 4.92 Å². The van der Waals surface area contributed by atoms with Gasteiger partial charge in [0.25, 0.3) is 5.69 Å². The highest BCUT2D eigenvalue weighted by molar-refractivity contribution is 7.08. The molecule has 2 N–H and O–H groups in total. The molecule has 0 bridgehead atoms. The number of nitrogens with zero attached hydrogens (tertiary/aromatic N) is 1. The maximum atomic E-state index is 10.5. The average Bonchev–Trinajstić information content (AvgIpc) is 2.69. The van der Waals surface area contributed by atoms with Crippen molar-refractivity contribution in [2.45, 2.75) is 0 Å². The van der Waals surface area contributed by atoms with E-state index >= 15 is 0 Å². The zero-order valence-electron chi connectivity index (χ0n) is 7.71. The topological polar surface area (TPSA) is 69.2 Å². The molecule has 0 aliphatic carbocycles. The minimum absolute atomic E-state index is 0.0472. The van der Waals surface area contributed by atoms with E-state index < -0.39 is 4.92 Å². The van der Waals surface area contributed by atoms with Crippen LogP contribution in [0.4, 0.5) is 11.4 Å². The SMILES string of the molecule is Nc1cc(-c2ccsc2)ccc1[N+](=O)[O-]. The highest BCUT2D eigenvalue weighted by atomic mass is 32.1. The summed E-state index contributed by atoms with van der Waals surface area (Å²) in [6.07, 6.45) is 0. The van der Waals surface area contributed by atoms with Crippen LogP contribution in [-0.2, 0) is 0 Å². The number of nitro groups is 1. The molecule has 15 heavy (non-hydrogen) atoms. The third-order valence-electron chi connectivity index (χ3n) is 2.08. The van der Waals surface area contributed by atoms with Crippen LogP contribution in [0.3, 0.4) is 0 Å². The Kier molecular flexibility index (Phi) is 2.39. The molecule has 1 aromatic heterocycles. The normalized spacial score (nSPS) is 10.1. The van der Waals surface area contributed by atoms with E-state index in [0.29, 0.717) is 0 Å². The molecule has 4 nitrogen and oxygen atoms in total. The van der Waals surface area contributed by atoms with Crippen LogP contribution in [0.25, 0.3) is 11.1 Å². The number of anilines is 1. The molecule has 0 saturated carbocycles. The lowest BCUT2D eigenvalue weighted by molar-refractivity contribution is -0.383. The van der Waals surface area contributed by atoms with Crippen molar-refractivity contribution in [2.24, 2.45) is 0 Å². The molecule has 0 saturated heterocycles. The highest BCUT2D eigenvalue weighted by Gasteiger charge is 2.11. The van der Waals surface area contributed by atoms with Crippen molar-refractivity contribution < 1.29 is 4.92 Å². The summed E-state index contributed by atoms with van der Waals surface area (Å²) in [5.74, 6) is 0. The average molecular weight is 220 g/mol. The van der Waals surface area contributed by atoms with Gasteiger partial charge in [-0.15, -0.1) is 0 Å². The second-order valence-corrected chi connectivity index (χ2v) is 3.82. The second kappa shape index (κ2) is 3.70. The van der Waals surface area contributed by atoms with Crippen molar-refractivity contribution in [3.8, 4) is 11.1 Å². The molecule has 0 fully saturated rings. The minimum atomic E-state index is -0.479. The van der Waals surface area contributed by atoms with Crippen LogP contribution in [0, 0.1) is 10.1 Å². The van der Waals surface area contributed by atoms with Crippen molar-refractivity contribution in [3.63, 3.8) is 0 Å². The van der Waals surface area contributed by atoms with Crippen molar-refractivity contribution >= 4 is 22.7 Å².